The van der Waals surface area contributed by atoms with Crippen LogP contribution in [-0.4, -0.2) is 54.8 Å². The molecule has 3 aromatic rings. The molecule has 5 rings (SSSR count). The molecule has 4 heterocycles. The molecule has 1 aromatic carbocycles. The normalized spacial score (nSPS) is 16.1. The Hall–Kier alpha value is -4.08. The Labute approximate surface area is 177 Å². The highest BCUT2D eigenvalue weighted by atomic mass is 16.5. The minimum atomic E-state index is -0.357. The van der Waals surface area contributed by atoms with E-state index in [1.807, 2.05) is 12.1 Å². The number of carbonyl (C=O) groups is 3. The van der Waals surface area contributed by atoms with Crippen molar-refractivity contribution in [2.75, 3.05) is 7.11 Å². The third-order valence-electron chi connectivity index (χ3n) is 5.37. The van der Waals surface area contributed by atoms with Crippen molar-refractivity contribution in [1.29, 1.82) is 0 Å². The van der Waals surface area contributed by atoms with Gasteiger partial charge in [-0.2, -0.15) is 5.01 Å². The van der Waals surface area contributed by atoms with Crippen LogP contribution in [0.1, 0.15) is 35.2 Å². The number of hydrogen-bond donors (Lipinski definition) is 0. The summed E-state index contributed by atoms with van der Waals surface area (Å²) >= 11 is 0. The van der Waals surface area contributed by atoms with E-state index in [-0.39, 0.29) is 37.1 Å². The first-order chi connectivity index (χ1) is 15.1. The number of piperidine rings is 1. The molecule has 0 bridgehead atoms. The number of pyridine rings is 1. The monoisotopic (exact) mass is 418 g/mol. The van der Waals surface area contributed by atoms with E-state index < -0.39 is 0 Å². The van der Waals surface area contributed by atoms with Crippen LogP contribution in [0.25, 0.3) is 16.9 Å². The van der Waals surface area contributed by atoms with Gasteiger partial charge in [-0.3, -0.25) is 14.4 Å². The first-order valence-corrected chi connectivity index (χ1v) is 9.79. The number of nitrogens with zero attached hydrogens (tertiary/aromatic N) is 6. The van der Waals surface area contributed by atoms with Crippen molar-refractivity contribution in [2.45, 2.75) is 25.8 Å². The van der Waals surface area contributed by atoms with Gasteiger partial charge in [-0.1, -0.05) is 5.21 Å². The van der Waals surface area contributed by atoms with Crippen LogP contribution in [0.5, 0.6) is 5.88 Å². The standard InChI is InChI=1S/C21H18N6O4/c1-31-20-16(4-3-9-22-20)17-12-25(24-23-17)14-7-8-15-13(10-14)11-26(21(15)30)27-18(28)5-2-6-19(27)29/h3-4,7-10,12H,2,5-6,11H2,1H3. The molecule has 31 heavy (non-hydrogen) atoms. The molecule has 0 saturated carbocycles. The topological polar surface area (TPSA) is 111 Å². The lowest BCUT2D eigenvalue weighted by Gasteiger charge is -2.32. The van der Waals surface area contributed by atoms with Crippen LogP contribution in [0.2, 0.25) is 0 Å². The summed E-state index contributed by atoms with van der Waals surface area (Å²) in [6, 6.07) is 8.86. The molecule has 0 unspecified atom stereocenters. The van der Waals surface area contributed by atoms with Crippen LogP contribution in [0.15, 0.2) is 42.7 Å². The van der Waals surface area contributed by atoms with Gasteiger partial charge in [0.1, 0.15) is 5.69 Å². The number of amides is 3. The van der Waals surface area contributed by atoms with Crippen molar-refractivity contribution in [3.8, 4) is 22.8 Å². The zero-order chi connectivity index (χ0) is 21.5. The van der Waals surface area contributed by atoms with Crippen molar-refractivity contribution < 1.29 is 19.1 Å². The van der Waals surface area contributed by atoms with Crippen LogP contribution in [0, 0.1) is 0 Å². The molecule has 1 fully saturated rings. The van der Waals surface area contributed by atoms with E-state index >= 15 is 0 Å². The molecule has 0 atom stereocenters. The van der Waals surface area contributed by atoms with Gasteiger partial charge in [0.05, 0.1) is 31.1 Å². The van der Waals surface area contributed by atoms with Crippen LogP contribution >= 0.6 is 0 Å². The average Bonchev–Trinajstić information content (AvgIpc) is 3.39. The van der Waals surface area contributed by atoms with Gasteiger partial charge >= 0.3 is 0 Å². The lowest BCUT2D eigenvalue weighted by Crippen LogP contribution is -2.51. The Morgan fingerprint density at radius 3 is 2.61 bits per heavy atom. The second-order valence-electron chi connectivity index (χ2n) is 7.27. The zero-order valence-corrected chi connectivity index (χ0v) is 16.7. The predicted molar refractivity (Wildman–Crippen MR) is 107 cm³/mol. The molecule has 2 aliphatic heterocycles. The molecule has 0 N–H and O–H groups in total. The number of carbonyl (C=O) groups excluding carboxylic acids is 3. The molecule has 10 nitrogen and oxygen atoms in total. The molecule has 0 spiro atoms. The van der Waals surface area contributed by atoms with Crippen molar-refractivity contribution in [3.63, 3.8) is 0 Å². The van der Waals surface area contributed by atoms with Gasteiger partial charge < -0.3 is 4.74 Å². The SMILES string of the molecule is COc1ncccc1-c1cn(-c2ccc3c(c2)CN(N2C(=O)CCCC2=O)C3=O)nn1. The van der Waals surface area contributed by atoms with Gasteiger partial charge in [-0.15, -0.1) is 5.10 Å². The third-order valence-corrected chi connectivity index (χ3v) is 5.37. The minimum Gasteiger partial charge on any atom is -0.481 e. The highest BCUT2D eigenvalue weighted by Crippen LogP contribution is 2.30. The number of methoxy groups -OCH3 is 1. The Morgan fingerprint density at radius 2 is 1.84 bits per heavy atom. The number of aromatic nitrogens is 4. The van der Waals surface area contributed by atoms with Gasteiger partial charge in [0, 0.05) is 24.6 Å². The number of hydrazine groups is 1. The van der Waals surface area contributed by atoms with E-state index in [1.54, 1.807) is 35.3 Å². The Bertz CT molecular complexity index is 1200. The summed E-state index contributed by atoms with van der Waals surface area (Å²) in [5, 5.41) is 10.6. The molecular formula is C21H18N6O4. The van der Waals surface area contributed by atoms with Gasteiger partial charge in [0.25, 0.3) is 5.91 Å². The predicted octanol–water partition coefficient (Wildman–Crippen LogP) is 1.75. The molecule has 10 heteroatoms. The largest absolute Gasteiger partial charge is 0.481 e. The van der Waals surface area contributed by atoms with Crippen LogP contribution in [0.4, 0.5) is 0 Å². The van der Waals surface area contributed by atoms with Crippen LogP contribution in [-0.2, 0) is 16.1 Å². The lowest BCUT2D eigenvalue weighted by atomic mass is 10.1. The summed E-state index contributed by atoms with van der Waals surface area (Å²) in [7, 11) is 1.54. The smallest absolute Gasteiger partial charge is 0.273 e. The van der Waals surface area contributed by atoms with Gasteiger partial charge in [0.15, 0.2) is 0 Å². The van der Waals surface area contributed by atoms with Gasteiger partial charge in [-0.25, -0.2) is 14.7 Å². The Balaban J connectivity index is 1.44. The van der Waals surface area contributed by atoms with Crippen LogP contribution in [0.3, 0.4) is 0 Å². The van der Waals surface area contributed by atoms with Crippen molar-refractivity contribution >= 4 is 17.7 Å². The number of imide groups is 1. The lowest BCUT2D eigenvalue weighted by molar-refractivity contribution is -0.163. The summed E-state index contributed by atoms with van der Waals surface area (Å²) in [6.07, 6.45) is 4.41. The molecule has 3 amide bonds. The van der Waals surface area contributed by atoms with Crippen molar-refractivity contribution in [3.05, 3.63) is 53.9 Å². The molecule has 0 aliphatic carbocycles. The maximum atomic E-state index is 12.8. The van der Waals surface area contributed by atoms with E-state index in [1.165, 1.54) is 12.1 Å². The second kappa shape index (κ2) is 7.31. The number of ether oxygens (including phenoxy) is 1. The zero-order valence-electron chi connectivity index (χ0n) is 16.7. The number of benzene rings is 1. The average molecular weight is 418 g/mol. The van der Waals surface area contributed by atoms with E-state index in [2.05, 4.69) is 15.3 Å². The van der Waals surface area contributed by atoms with E-state index in [9.17, 15) is 14.4 Å². The summed E-state index contributed by atoms with van der Waals surface area (Å²) in [4.78, 5) is 41.5. The fraction of sp³-hybridized carbons (Fsp3) is 0.238. The number of hydrogen-bond acceptors (Lipinski definition) is 7. The molecular weight excluding hydrogens is 400 g/mol. The van der Waals surface area contributed by atoms with E-state index in [4.69, 9.17) is 4.74 Å². The molecule has 2 aromatic heterocycles. The highest BCUT2D eigenvalue weighted by molar-refractivity contribution is 6.04. The highest BCUT2D eigenvalue weighted by Gasteiger charge is 2.39. The maximum absolute atomic E-state index is 12.8. The fourth-order valence-electron chi connectivity index (χ4n) is 3.87. The Morgan fingerprint density at radius 1 is 1.03 bits per heavy atom. The summed E-state index contributed by atoms with van der Waals surface area (Å²) < 4.78 is 6.87. The van der Waals surface area contributed by atoms with Gasteiger partial charge in [-0.05, 0) is 42.3 Å². The first-order valence-electron chi connectivity index (χ1n) is 9.79. The number of fused-ring (bicyclic) bond motifs is 1. The minimum absolute atomic E-state index is 0.150. The number of rotatable bonds is 4. The fourth-order valence-corrected chi connectivity index (χ4v) is 3.87. The quantitative estimate of drug-likeness (QED) is 0.594. The van der Waals surface area contributed by atoms with Crippen molar-refractivity contribution in [1.82, 2.24) is 30.0 Å². The molecule has 1 saturated heterocycles. The molecule has 2 aliphatic rings. The molecule has 156 valence electrons. The maximum Gasteiger partial charge on any atom is 0.273 e. The first kappa shape index (κ1) is 18.9. The summed E-state index contributed by atoms with van der Waals surface area (Å²) in [5.74, 6) is -0.599. The summed E-state index contributed by atoms with van der Waals surface area (Å²) in [5.41, 5.74) is 3.17. The Kier molecular flexibility index (Phi) is 4.46. The van der Waals surface area contributed by atoms with E-state index in [0.717, 1.165) is 5.01 Å². The van der Waals surface area contributed by atoms with Crippen LogP contribution < -0.4 is 4.74 Å². The summed E-state index contributed by atoms with van der Waals surface area (Å²) in [6.45, 7) is 0.150. The van der Waals surface area contributed by atoms with Gasteiger partial charge in [0.2, 0.25) is 17.7 Å². The molecule has 0 radical (unpaired) electrons. The van der Waals surface area contributed by atoms with Crippen molar-refractivity contribution in [2.24, 2.45) is 0 Å². The second-order valence-corrected chi connectivity index (χ2v) is 7.27. The van der Waals surface area contributed by atoms with E-state index in [0.29, 0.717) is 40.4 Å². The third kappa shape index (κ3) is 3.12.